The van der Waals surface area contributed by atoms with Crippen LogP contribution in [0.5, 0.6) is 0 Å². The normalized spacial score (nSPS) is 14.0. The maximum absolute atomic E-state index is 13.6. The van der Waals surface area contributed by atoms with Crippen molar-refractivity contribution in [3.63, 3.8) is 0 Å². The monoisotopic (exact) mass is 384 g/mol. The minimum Gasteiger partial charge on any atom is -0.354 e. The molecule has 0 spiro atoms. The first kappa shape index (κ1) is 18.5. The van der Waals surface area contributed by atoms with Crippen molar-refractivity contribution in [2.45, 2.75) is 45.1 Å². The summed E-state index contributed by atoms with van der Waals surface area (Å²) in [5.41, 5.74) is 2.61. The molecule has 1 N–H and O–H groups in total. The van der Waals surface area contributed by atoms with Gasteiger partial charge in [0.15, 0.2) is 5.65 Å². The summed E-state index contributed by atoms with van der Waals surface area (Å²) in [5, 5.41) is 7.54. The lowest BCUT2D eigenvalue weighted by Gasteiger charge is -2.09. The van der Waals surface area contributed by atoms with Crippen LogP contribution in [0.1, 0.15) is 47.7 Å². The van der Waals surface area contributed by atoms with Crippen LogP contribution in [0, 0.1) is 6.92 Å². The van der Waals surface area contributed by atoms with Crippen molar-refractivity contribution in [3.8, 4) is 0 Å². The predicted octanol–water partition coefficient (Wildman–Crippen LogP) is 3.91. The maximum Gasteiger partial charge on any atom is 0.264 e. The lowest BCUT2D eigenvalue weighted by atomic mass is 10.1. The molecular weight excluding hydrogens is 362 g/mol. The molecule has 146 valence electrons. The molecule has 0 radical (unpaired) electrons. The summed E-state index contributed by atoms with van der Waals surface area (Å²) in [6.07, 6.45) is 0.0622. The van der Waals surface area contributed by atoms with Gasteiger partial charge >= 0.3 is 0 Å². The van der Waals surface area contributed by atoms with Gasteiger partial charge in [0, 0.05) is 23.7 Å². The molecule has 1 saturated carbocycles. The van der Waals surface area contributed by atoms with Crippen LogP contribution in [0.3, 0.4) is 0 Å². The number of hydrogen-bond donors (Lipinski definition) is 1. The Morgan fingerprint density at radius 1 is 1.29 bits per heavy atom. The van der Waals surface area contributed by atoms with Crippen molar-refractivity contribution in [1.29, 1.82) is 0 Å². The summed E-state index contributed by atoms with van der Waals surface area (Å²) in [7, 11) is 0. The average Bonchev–Trinajstić information content (AvgIpc) is 3.48. The Labute approximate surface area is 161 Å². The number of amides is 1. The molecule has 1 amide bonds. The number of nitrogens with zero attached hydrogens (tertiary/aromatic N) is 3. The number of halogens is 2. The highest BCUT2D eigenvalue weighted by molar-refractivity contribution is 5.85. The molecule has 0 saturated heterocycles. The molecule has 3 aromatic rings. The first-order chi connectivity index (χ1) is 13.5. The summed E-state index contributed by atoms with van der Waals surface area (Å²) in [6, 6.07) is 11.4. The van der Waals surface area contributed by atoms with Gasteiger partial charge in [0.2, 0.25) is 5.91 Å². The van der Waals surface area contributed by atoms with Crippen LogP contribution >= 0.6 is 0 Å². The van der Waals surface area contributed by atoms with E-state index in [-0.39, 0.29) is 23.9 Å². The van der Waals surface area contributed by atoms with Crippen LogP contribution in [0.4, 0.5) is 8.78 Å². The smallest absolute Gasteiger partial charge is 0.264 e. The van der Waals surface area contributed by atoms with Crippen molar-refractivity contribution in [3.05, 3.63) is 58.9 Å². The molecule has 1 fully saturated rings. The van der Waals surface area contributed by atoms with Crippen molar-refractivity contribution in [2.24, 2.45) is 0 Å². The van der Waals surface area contributed by atoms with Crippen LogP contribution in [-0.2, 0) is 17.8 Å². The predicted molar refractivity (Wildman–Crippen MR) is 102 cm³/mol. The largest absolute Gasteiger partial charge is 0.354 e. The minimum atomic E-state index is -2.60. The van der Waals surface area contributed by atoms with Gasteiger partial charge in [0.05, 0.1) is 11.1 Å². The number of carbonyl (C=O) groups excluding carboxylic acids is 1. The van der Waals surface area contributed by atoms with Gasteiger partial charge in [-0.25, -0.2) is 18.4 Å². The molecule has 4 rings (SSSR count). The number of aromatic nitrogens is 3. The summed E-state index contributed by atoms with van der Waals surface area (Å²) in [5.74, 6) is 0.0304. The molecule has 28 heavy (non-hydrogen) atoms. The van der Waals surface area contributed by atoms with E-state index in [1.165, 1.54) is 10.7 Å². The van der Waals surface area contributed by atoms with Gasteiger partial charge in [-0.3, -0.25) is 4.79 Å². The van der Waals surface area contributed by atoms with Gasteiger partial charge in [-0.15, -0.1) is 0 Å². The third-order valence-corrected chi connectivity index (χ3v) is 5.03. The van der Waals surface area contributed by atoms with Crippen LogP contribution in [-0.4, -0.2) is 27.2 Å². The van der Waals surface area contributed by atoms with E-state index in [2.05, 4.69) is 15.4 Å². The fraction of sp³-hybridized carbons (Fsp3) is 0.381. The Morgan fingerprint density at radius 3 is 2.71 bits per heavy atom. The fourth-order valence-corrected chi connectivity index (χ4v) is 3.46. The van der Waals surface area contributed by atoms with E-state index in [0.717, 1.165) is 24.8 Å². The number of alkyl halides is 2. The second-order valence-corrected chi connectivity index (χ2v) is 7.24. The van der Waals surface area contributed by atoms with Crippen LogP contribution < -0.4 is 5.32 Å². The summed E-state index contributed by atoms with van der Waals surface area (Å²) in [6.45, 7) is 2.14. The van der Waals surface area contributed by atoms with Gasteiger partial charge in [-0.05, 0) is 37.8 Å². The second-order valence-electron chi connectivity index (χ2n) is 7.24. The van der Waals surface area contributed by atoms with Crippen LogP contribution in [0.15, 0.2) is 36.4 Å². The van der Waals surface area contributed by atoms with Gasteiger partial charge in [0.1, 0.15) is 6.54 Å². The molecule has 0 aliphatic heterocycles. The zero-order valence-corrected chi connectivity index (χ0v) is 15.7. The molecule has 1 aliphatic rings. The van der Waals surface area contributed by atoms with E-state index in [1.54, 1.807) is 6.92 Å². The van der Waals surface area contributed by atoms with Crippen LogP contribution in [0.25, 0.3) is 11.0 Å². The number of benzene rings is 1. The minimum absolute atomic E-state index is 0.0388. The summed E-state index contributed by atoms with van der Waals surface area (Å²) in [4.78, 5) is 16.9. The number of rotatable bonds is 7. The number of pyridine rings is 1. The first-order valence-electron chi connectivity index (χ1n) is 9.49. The number of carbonyl (C=O) groups is 1. The first-order valence-corrected chi connectivity index (χ1v) is 9.49. The summed E-state index contributed by atoms with van der Waals surface area (Å²) < 4.78 is 28.6. The van der Waals surface area contributed by atoms with Gasteiger partial charge in [-0.1, -0.05) is 30.3 Å². The van der Waals surface area contributed by atoms with E-state index in [1.807, 2.05) is 30.3 Å². The maximum atomic E-state index is 13.6. The topological polar surface area (TPSA) is 59.8 Å². The van der Waals surface area contributed by atoms with Gasteiger partial charge < -0.3 is 5.32 Å². The molecule has 2 heterocycles. The zero-order chi connectivity index (χ0) is 19.7. The highest BCUT2D eigenvalue weighted by Crippen LogP contribution is 2.41. The van der Waals surface area contributed by atoms with E-state index in [9.17, 15) is 13.6 Å². The quantitative estimate of drug-likeness (QED) is 0.672. The third-order valence-electron chi connectivity index (χ3n) is 5.03. The Balaban J connectivity index is 1.52. The van der Waals surface area contributed by atoms with Crippen LogP contribution in [0.2, 0.25) is 0 Å². The zero-order valence-electron chi connectivity index (χ0n) is 15.7. The molecule has 1 aliphatic carbocycles. The van der Waals surface area contributed by atoms with Crippen molar-refractivity contribution in [2.75, 3.05) is 6.54 Å². The van der Waals surface area contributed by atoms with Crippen molar-refractivity contribution >= 4 is 16.9 Å². The Kier molecular flexibility index (Phi) is 5.07. The Hall–Kier alpha value is -2.83. The molecule has 0 bridgehead atoms. The van der Waals surface area contributed by atoms with E-state index in [0.29, 0.717) is 29.0 Å². The average molecular weight is 384 g/mol. The molecule has 2 aromatic heterocycles. The molecule has 7 heteroatoms. The van der Waals surface area contributed by atoms with Crippen molar-refractivity contribution < 1.29 is 13.6 Å². The highest BCUT2D eigenvalue weighted by Gasteiger charge is 2.29. The number of aryl methyl sites for hydroxylation is 1. The lowest BCUT2D eigenvalue weighted by molar-refractivity contribution is -0.121. The third kappa shape index (κ3) is 3.88. The lowest BCUT2D eigenvalue weighted by Crippen LogP contribution is -2.29. The number of nitrogens with one attached hydrogen (secondary N) is 1. The van der Waals surface area contributed by atoms with E-state index >= 15 is 0 Å². The Bertz CT molecular complexity index is 997. The van der Waals surface area contributed by atoms with Gasteiger partial charge in [-0.2, -0.15) is 5.10 Å². The molecular formula is C21H22F2N4O. The summed E-state index contributed by atoms with van der Waals surface area (Å²) >= 11 is 0. The molecule has 1 aromatic carbocycles. The molecule has 5 nitrogen and oxygen atoms in total. The van der Waals surface area contributed by atoms with E-state index < -0.39 is 6.43 Å². The molecule has 0 unspecified atom stereocenters. The van der Waals surface area contributed by atoms with E-state index in [4.69, 9.17) is 0 Å². The molecule has 0 atom stereocenters. The SMILES string of the molecule is Cc1nn(CC(=O)NCCc2ccccc2)c2nc(C3CC3)cc(C(F)F)c12. The number of fused-ring (bicyclic) bond motifs is 1. The highest BCUT2D eigenvalue weighted by atomic mass is 19.3. The number of hydrogen-bond acceptors (Lipinski definition) is 3. The standard InChI is InChI=1S/C21H22F2N4O/c1-13-19-16(20(22)23)11-17(15-7-8-15)25-21(19)27(26-13)12-18(28)24-10-9-14-5-3-2-4-6-14/h2-6,11,15,20H,7-10,12H2,1H3,(H,24,28). The fourth-order valence-electron chi connectivity index (χ4n) is 3.46. The van der Waals surface area contributed by atoms with Gasteiger partial charge in [0.25, 0.3) is 6.43 Å². The van der Waals surface area contributed by atoms with Crippen molar-refractivity contribution in [1.82, 2.24) is 20.1 Å². The Morgan fingerprint density at radius 2 is 2.04 bits per heavy atom. The second kappa shape index (κ2) is 7.66.